The van der Waals surface area contributed by atoms with E-state index < -0.39 is 0 Å². The highest BCUT2D eigenvalue weighted by Crippen LogP contribution is 2.31. The summed E-state index contributed by atoms with van der Waals surface area (Å²) in [5.41, 5.74) is 3.74. The lowest BCUT2D eigenvalue weighted by Gasteiger charge is -2.38. The van der Waals surface area contributed by atoms with Crippen LogP contribution in [0.4, 0.5) is 5.69 Å². The molecule has 3 heterocycles. The molecule has 2 fully saturated rings. The number of fused-ring (bicyclic) bond motifs is 1. The first-order chi connectivity index (χ1) is 14.5. The highest BCUT2D eigenvalue weighted by molar-refractivity contribution is 6.01. The summed E-state index contributed by atoms with van der Waals surface area (Å²) in [4.78, 5) is 31.0. The Hall–Kier alpha value is -2.54. The predicted molar refractivity (Wildman–Crippen MR) is 121 cm³/mol. The van der Waals surface area contributed by atoms with E-state index in [1.54, 1.807) is 19.4 Å². The molecular formula is C23H32N6O. The number of rotatable bonds is 4. The lowest BCUT2D eigenvalue weighted by molar-refractivity contribution is -0.126. The molecule has 7 nitrogen and oxygen atoms in total. The van der Waals surface area contributed by atoms with Crippen molar-refractivity contribution in [3.05, 3.63) is 30.1 Å². The first kappa shape index (κ1) is 20.7. The number of piperidine rings is 2. The summed E-state index contributed by atoms with van der Waals surface area (Å²) < 4.78 is 0. The predicted octanol–water partition coefficient (Wildman–Crippen LogP) is 2.35. The van der Waals surface area contributed by atoms with Crippen molar-refractivity contribution in [2.45, 2.75) is 32.2 Å². The van der Waals surface area contributed by atoms with E-state index in [1.807, 2.05) is 12.3 Å². The number of likely N-dealkylation sites (N-methyl/N-ethyl adjacent to an activating group) is 1. The molecule has 1 aromatic carbocycles. The van der Waals surface area contributed by atoms with E-state index >= 15 is 0 Å². The fourth-order valence-electron chi connectivity index (χ4n) is 4.90. The number of hydrogen-bond donors (Lipinski definition) is 1. The van der Waals surface area contributed by atoms with Crippen molar-refractivity contribution < 1.29 is 4.79 Å². The molecule has 30 heavy (non-hydrogen) atoms. The van der Waals surface area contributed by atoms with Crippen LogP contribution in [0.15, 0.2) is 29.5 Å². The van der Waals surface area contributed by atoms with Gasteiger partial charge in [-0.1, -0.05) is 6.92 Å². The van der Waals surface area contributed by atoms with E-state index in [0.29, 0.717) is 12.5 Å². The Bertz CT molecular complexity index is 929. The van der Waals surface area contributed by atoms with Gasteiger partial charge in [0.05, 0.1) is 17.1 Å². The monoisotopic (exact) mass is 408 g/mol. The Labute approximate surface area is 178 Å². The van der Waals surface area contributed by atoms with Crippen molar-refractivity contribution in [2.75, 3.05) is 45.2 Å². The second kappa shape index (κ2) is 9.08. The molecule has 0 bridgehead atoms. The van der Waals surface area contributed by atoms with Gasteiger partial charge in [-0.15, -0.1) is 0 Å². The molecule has 0 radical (unpaired) electrons. The van der Waals surface area contributed by atoms with Crippen LogP contribution in [0.3, 0.4) is 0 Å². The fourth-order valence-corrected chi connectivity index (χ4v) is 4.90. The molecule has 1 amide bonds. The smallest absolute Gasteiger partial charge is 0.225 e. The Morgan fingerprint density at radius 1 is 1.20 bits per heavy atom. The zero-order valence-electron chi connectivity index (χ0n) is 18.2. The van der Waals surface area contributed by atoms with Crippen LogP contribution in [-0.4, -0.2) is 73.3 Å². The molecule has 7 heteroatoms. The van der Waals surface area contributed by atoms with Crippen molar-refractivity contribution in [1.82, 2.24) is 20.2 Å². The van der Waals surface area contributed by atoms with Gasteiger partial charge in [0, 0.05) is 56.9 Å². The van der Waals surface area contributed by atoms with Gasteiger partial charge in [-0.3, -0.25) is 19.8 Å². The third kappa shape index (κ3) is 4.46. The Morgan fingerprint density at radius 2 is 2.00 bits per heavy atom. The Morgan fingerprint density at radius 3 is 2.77 bits per heavy atom. The van der Waals surface area contributed by atoms with Crippen LogP contribution in [-0.2, 0) is 4.79 Å². The van der Waals surface area contributed by atoms with Crippen molar-refractivity contribution in [3.63, 3.8) is 0 Å². The Kier molecular flexibility index (Phi) is 6.27. The molecule has 160 valence electrons. The van der Waals surface area contributed by atoms with Crippen LogP contribution in [0.1, 0.15) is 31.7 Å². The quantitative estimate of drug-likeness (QED) is 0.786. The molecule has 0 spiro atoms. The van der Waals surface area contributed by atoms with E-state index in [9.17, 15) is 4.79 Å². The largest absolute Gasteiger partial charge is 0.369 e. The zero-order chi connectivity index (χ0) is 21.1. The summed E-state index contributed by atoms with van der Waals surface area (Å²) in [6, 6.07) is 4.41. The summed E-state index contributed by atoms with van der Waals surface area (Å²) in [5.74, 6) is 0.619. The molecule has 2 aliphatic heterocycles. The minimum Gasteiger partial charge on any atom is -0.369 e. The molecule has 2 aromatic rings. The maximum atomic E-state index is 13.1. The molecule has 4 rings (SSSR count). The summed E-state index contributed by atoms with van der Waals surface area (Å²) in [7, 11) is 3.89. The van der Waals surface area contributed by atoms with Crippen LogP contribution < -0.4 is 10.2 Å². The molecule has 1 N–H and O–H groups in total. The van der Waals surface area contributed by atoms with Crippen molar-refractivity contribution >= 4 is 28.8 Å². The van der Waals surface area contributed by atoms with E-state index in [1.165, 1.54) is 0 Å². The van der Waals surface area contributed by atoms with Crippen LogP contribution >= 0.6 is 0 Å². The number of hydrogen-bond acceptors (Lipinski definition) is 6. The maximum Gasteiger partial charge on any atom is 0.225 e. The normalized spacial score (nSPS) is 25.7. The highest BCUT2D eigenvalue weighted by Gasteiger charge is 2.32. The zero-order valence-corrected chi connectivity index (χ0v) is 18.2. The lowest BCUT2D eigenvalue weighted by atomic mass is 9.88. The van der Waals surface area contributed by atoms with Crippen LogP contribution in [0, 0.1) is 11.8 Å². The van der Waals surface area contributed by atoms with Gasteiger partial charge in [0.2, 0.25) is 5.91 Å². The van der Waals surface area contributed by atoms with Crippen LogP contribution in [0.25, 0.3) is 11.0 Å². The van der Waals surface area contributed by atoms with Crippen molar-refractivity contribution in [1.29, 1.82) is 0 Å². The van der Waals surface area contributed by atoms with E-state index in [4.69, 9.17) is 0 Å². The van der Waals surface area contributed by atoms with Crippen LogP contribution in [0.2, 0.25) is 0 Å². The van der Waals surface area contributed by atoms with E-state index in [2.05, 4.69) is 50.1 Å². The third-order valence-electron chi connectivity index (χ3n) is 6.25. The highest BCUT2D eigenvalue weighted by atomic mass is 16.2. The standard InChI is InChI=1S/C23H32N6O/c1-16-11-18(23(30)27-19-5-4-10-28(3)15-19)14-29(13-16)20-7-6-17(12-24-2)21-22(20)26-9-8-25-21/h6-9,12,16,18-19H,4-5,10-11,13-15H2,1-3H3,(H,27,30)/b24-12-. The number of benzene rings is 1. The number of anilines is 1. The van der Waals surface area contributed by atoms with Gasteiger partial charge >= 0.3 is 0 Å². The second-order valence-electron chi connectivity index (χ2n) is 8.87. The molecule has 0 aliphatic carbocycles. The molecular weight excluding hydrogens is 376 g/mol. The van der Waals surface area contributed by atoms with Gasteiger partial charge in [0.1, 0.15) is 5.52 Å². The first-order valence-electron chi connectivity index (χ1n) is 10.9. The molecule has 0 saturated carbocycles. The molecule has 3 unspecified atom stereocenters. The number of nitrogens with one attached hydrogen (secondary N) is 1. The molecule has 2 aliphatic rings. The summed E-state index contributed by atoms with van der Waals surface area (Å²) in [5, 5.41) is 3.32. The number of aliphatic imine (C=N–C) groups is 1. The molecule has 1 aromatic heterocycles. The molecule has 3 atom stereocenters. The SMILES string of the molecule is C/N=C\c1ccc(N2CC(C)CC(C(=O)NC3CCCN(C)C3)C2)c2nccnc12. The third-order valence-corrected chi connectivity index (χ3v) is 6.25. The summed E-state index contributed by atoms with van der Waals surface area (Å²) in [6.07, 6.45) is 8.41. The lowest BCUT2D eigenvalue weighted by Crippen LogP contribution is -2.51. The summed E-state index contributed by atoms with van der Waals surface area (Å²) >= 11 is 0. The van der Waals surface area contributed by atoms with Gasteiger partial charge in [-0.05, 0) is 50.9 Å². The maximum absolute atomic E-state index is 13.1. The average Bonchev–Trinajstić information content (AvgIpc) is 2.74. The number of carbonyl (C=O) groups excluding carboxylic acids is 1. The van der Waals surface area contributed by atoms with E-state index in [0.717, 1.165) is 61.2 Å². The second-order valence-corrected chi connectivity index (χ2v) is 8.87. The van der Waals surface area contributed by atoms with Gasteiger partial charge in [0.15, 0.2) is 0 Å². The fraction of sp³-hybridized carbons (Fsp3) is 0.565. The molecule has 2 saturated heterocycles. The number of amides is 1. The number of nitrogens with zero attached hydrogens (tertiary/aromatic N) is 5. The minimum atomic E-state index is -0.00964. The van der Waals surface area contributed by atoms with Gasteiger partial charge in [-0.25, -0.2) is 0 Å². The van der Waals surface area contributed by atoms with E-state index in [-0.39, 0.29) is 17.9 Å². The number of carbonyl (C=O) groups is 1. The number of aromatic nitrogens is 2. The van der Waals surface area contributed by atoms with Crippen LogP contribution in [0.5, 0.6) is 0 Å². The Balaban J connectivity index is 1.55. The van der Waals surface area contributed by atoms with Gasteiger partial charge in [-0.2, -0.15) is 0 Å². The van der Waals surface area contributed by atoms with Crippen molar-refractivity contribution in [2.24, 2.45) is 16.8 Å². The van der Waals surface area contributed by atoms with Gasteiger partial charge < -0.3 is 15.1 Å². The topological polar surface area (TPSA) is 73.7 Å². The van der Waals surface area contributed by atoms with Crippen molar-refractivity contribution in [3.8, 4) is 0 Å². The summed E-state index contributed by atoms with van der Waals surface area (Å²) in [6.45, 7) is 5.92. The van der Waals surface area contributed by atoms with Gasteiger partial charge in [0.25, 0.3) is 0 Å². The average molecular weight is 409 g/mol. The first-order valence-corrected chi connectivity index (χ1v) is 10.9. The minimum absolute atomic E-state index is 0.00964. The number of likely N-dealkylation sites (tertiary alicyclic amines) is 1.